The van der Waals surface area contributed by atoms with Crippen molar-refractivity contribution in [3.8, 4) is 0 Å². The van der Waals surface area contributed by atoms with Crippen LogP contribution in [0.4, 0.5) is 0 Å². The van der Waals surface area contributed by atoms with Gasteiger partial charge in [-0.2, -0.15) is 0 Å². The summed E-state index contributed by atoms with van der Waals surface area (Å²) < 4.78 is 0. The van der Waals surface area contributed by atoms with Gasteiger partial charge in [-0.3, -0.25) is 14.6 Å². The Balaban J connectivity index is 1.86. The number of nitrogens with zero attached hydrogens (tertiary/aromatic N) is 2. The fourth-order valence-electron chi connectivity index (χ4n) is 3.58. The Labute approximate surface area is 169 Å². The smallest absolute Gasteiger partial charge is 0.295 e. The number of amides is 1. The molecule has 0 bridgehead atoms. The van der Waals surface area contributed by atoms with Crippen LogP contribution < -0.4 is 0 Å². The van der Waals surface area contributed by atoms with Crippen molar-refractivity contribution in [3.63, 3.8) is 0 Å². The molecular formula is C24H20N2O3. The Bertz CT molecular complexity index is 1070. The van der Waals surface area contributed by atoms with Crippen molar-refractivity contribution in [2.75, 3.05) is 0 Å². The average molecular weight is 384 g/mol. The number of aliphatic hydroxyl groups is 1. The van der Waals surface area contributed by atoms with E-state index in [9.17, 15) is 14.7 Å². The van der Waals surface area contributed by atoms with E-state index in [1.807, 2.05) is 43.3 Å². The van der Waals surface area contributed by atoms with Crippen molar-refractivity contribution in [3.05, 3.63) is 107 Å². The Kier molecular flexibility index (Phi) is 4.96. The molecule has 2 heterocycles. The Morgan fingerprint density at radius 1 is 1.00 bits per heavy atom. The topological polar surface area (TPSA) is 70.5 Å². The van der Waals surface area contributed by atoms with Crippen LogP contribution in [0.25, 0.3) is 5.76 Å². The van der Waals surface area contributed by atoms with Crippen LogP contribution in [0.1, 0.15) is 28.3 Å². The number of benzene rings is 2. The lowest BCUT2D eigenvalue weighted by atomic mass is 9.94. The lowest BCUT2D eigenvalue weighted by Gasteiger charge is -2.25. The normalized spacial score (nSPS) is 18.2. The van der Waals surface area contributed by atoms with Gasteiger partial charge in [0.2, 0.25) is 0 Å². The summed E-state index contributed by atoms with van der Waals surface area (Å²) in [5.74, 6) is -1.47. The molecule has 1 atom stereocenters. The van der Waals surface area contributed by atoms with Gasteiger partial charge in [0.05, 0.1) is 11.6 Å². The van der Waals surface area contributed by atoms with Crippen LogP contribution in [0.2, 0.25) is 0 Å². The van der Waals surface area contributed by atoms with Gasteiger partial charge in [-0.25, -0.2) is 0 Å². The first-order chi connectivity index (χ1) is 14.1. The third-order valence-electron chi connectivity index (χ3n) is 5.06. The number of ketones is 1. The van der Waals surface area contributed by atoms with Crippen molar-refractivity contribution in [1.29, 1.82) is 0 Å². The van der Waals surface area contributed by atoms with E-state index >= 15 is 0 Å². The summed E-state index contributed by atoms with van der Waals surface area (Å²) in [5, 5.41) is 10.9. The molecule has 4 rings (SSSR count). The van der Waals surface area contributed by atoms with Gasteiger partial charge in [-0.1, -0.05) is 66.2 Å². The minimum atomic E-state index is -0.680. The molecule has 1 saturated heterocycles. The van der Waals surface area contributed by atoms with Crippen LogP contribution in [0.15, 0.2) is 84.7 Å². The molecule has 5 heteroatoms. The highest BCUT2D eigenvalue weighted by Crippen LogP contribution is 2.40. The summed E-state index contributed by atoms with van der Waals surface area (Å²) in [4.78, 5) is 31.5. The second kappa shape index (κ2) is 7.72. The van der Waals surface area contributed by atoms with Gasteiger partial charge >= 0.3 is 0 Å². The second-order valence-corrected chi connectivity index (χ2v) is 7.06. The van der Waals surface area contributed by atoms with Crippen molar-refractivity contribution < 1.29 is 14.7 Å². The Morgan fingerprint density at radius 3 is 2.38 bits per heavy atom. The molecule has 1 N–H and O–H groups in total. The van der Waals surface area contributed by atoms with Crippen LogP contribution in [-0.2, 0) is 16.1 Å². The van der Waals surface area contributed by atoms with Crippen LogP contribution in [0.3, 0.4) is 0 Å². The maximum Gasteiger partial charge on any atom is 0.295 e. The third-order valence-corrected chi connectivity index (χ3v) is 5.06. The van der Waals surface area contributed by atoms with Crippen LogP contribution >= 0.6 is 0 Å². The molecule has 0 saturated carbocycles. The van der Waals surface area contributed by atoms with Gasteiger partial charge in [0.1, 0.15) is 5.76 Å². The van der Waals surface area contributed by atoms with Crippen LogP contribution in [0.5, 0.6) is 0 Å². The number of hydrogen-bond donors (Lipinski definition) is 1. The van der Waals surface area contributed by atoms with Crippen molar-refractivity contribution in [2.24, 2.45) is 0 Å². The molecular weight excluding hydrogens is 364 g/mol. The summed E-state index contributed by atoms with van der Waals surface area (Å²) in [6.45, 7) is 2.20. The predicted octanol–water partition coefficient (Wildman–Crippen LogP) is 4.01. The zero-order valence-electron chi connectivity index (χ0n) is 15.9. The number of hydrogen-bond acceptors (Lipinski definition) is 4. The summed E-state index contributed by atoms with van der Waals surface area (Å²) in [5.41, 5.74) is 3.27. The van der Waals surface area contributed by atoms with E-state index in [4.69, 9.17) is 0 Å². The molecule has 5 nitrogen and oxygen atoms in total. The monoisotopic (exact) mass is 384 g/mol. The molecule has 1 aromatic heterocycles. The number of likely N-dealkylation sites (tertiary alicyclic amines) is 1. The van der Waals surface area contributed by atoms with E-state index in [1.165, 1.54) is 4.90 Å². The lowest BCUT2D eigenvalue weighted by molar-refractivity contribution is -0.140. The average Bonchev–Trinajstić information content (AvgIpc) is 3.00. The zero-order chi connectivity index (χ0) is 20.4. The molecule has 1 amide bonds. The van der Waals surface area contributed by atoms with Gasteiger partial charge in [0, 0.05) is 24.5 Å². The molecule has 29 heavy (non-hydrogen) atoms. The zero-order valence-corrected chi connectivity index (χ0v) is 15.9. The highest BCUT2D eigenvalue weighted by atomic mass is 16.3. The molecule has 1 fully saturated rings. The summed E-state index contributed by atoms with van der Waals surface area (Å²) in [6, 6.07) is 19.4. The van der Waals surface area contributed by atoms with Crippen molar-refractivity contribution in [2.45, 2.75) is 19.5 Å². The molecule has 0 spiro atoms. The first-order valence-corrected chi connectivity index (χ1v) is 9.35. The maximum absolute atomic E-state index is 12.9. The standard InChI is InChI=1S/C24H20N2O3/c1-16-9-11-18(12-10-16)21-20(22(27)19-7-3-2-4-8-19)23(28)24(29)26(21)15-17-6-5-13-25-14-17/h2-14,21,27H,15H2,1H3/b22-20+/t21-/m0/s1. The minimum absolute atomic E-state index is 0.106. The van der Waals surface area contributed by atoms with Gasteiger partial charge in [0.15, 0.2) is 0 Å². The van der Waals surface area contributed by atoms with Crippen molar-refractivity contribution >= 4 is 17.4 Å². The molecule has 3 aromatic rings. The first kappa shape index (κ1) is 18.6. The highest BCUT2D eigenvalue weighted by molar-refractivity contribution is 6.46. The number of carbonyl (C=O) groups is 2. The van der Waals surface area contributed by atoms with Crippen LogP contribution in [0, 0.1) is 6.92 Å². The molecule has 0 unspecified atom stereocenters. The molecule has 1 aliphatic rings. The maximum atomic E-state index is 12.9. The lowest BCUT2D eigenvalue weighted by Crippen LogP contribution is -2.29. The molecule has 0 aliphatic carbocycles. The SMILES string of the molecule is Cc1ccc([C@H]2/C(=C(\O)c3ccccc3)C(=O)C(=O)N2Cc2cccnc2)cc1. The van der Waals surface area contributed by atoms with Crippen LogP contribution in [-0.4, -0.2) is 26.7 Å². The fraction of sp³-hybridized carbons (Fsp3) is 0.125. The number of aryl methyl sites for hydroxylation is 1. The number of aromatic nitrogens is 1. The van der Waals surface area contributed by atoms with Gasteiger partial charge in [-0.05, 0) is 24.1 Å². The van der Waals surface area contributed by atoms with E-state index in [1.54, 1.807) is 42.7 Å². The molecule has 144 valence electrons. The van der Waals surface area contributed by atoms with E-state index < -0.39 is 17.7 Å². The Morgan fingerprint density at radius 2 is 1.72 bits per heavy atom. The molecule has 1 aliphatic heterocycles. The number of carbonyl (C=O) groups excluding carboxylic acids is 2. The Hall–Kier alpha value is -3.73. The predicted molar refractivity (Wildman–Crippen MR) is 110 cm³/mol. The highest BCUT2D eigenvalue weighted by Gasteiger charge is 2.46. The quantitative estimate of drug-likeness (QED) is 0.419. The largest absolute Gasteiger partial charge is 0.507 e. The van der Waals surface area contributed by atoms with Gasteiger partial charge in [0.25, 0.3) is 11.7 Å². The number of aliphatic hydroxyl groups excluding tert-OH is 1. The second-order valence-electron chi connectivity index (χ2n) is 7.06. The van der Waals surface area contributed by atoms with Gasteiger partial charge in [-0.15, -0.1) is 0 Å². The summed E-state index contributed by atoms with van der Waals surface area (Å²) >= 11 is 0. The third kappa shape index (κ3) is 3.55. The van der Waals surface area contributed by atoms with E-state index in [0.717, 1.165) is 16.7 Å². The van der Waals surface area contributed by atoms with E-state index in [-0.39, 0.29) is 17.9 Å². The number of Topliss-reactive ketones (excluding diaryl/α,β-unsaturated/α-hetero) is 1. The molecule has 2 aromatic carbocycles. The first-order valence-electron chi connectivity index (χ1n) is 9.35. The summed E-state index contributed by atoms with van der Waals surface area (Å²) in [7, 11) is 0. The summed E-state index contributed by atoms with van der Waals surface area (Å²) in [6.07, 6.45) is 3.33. The number of rotatable bonds is 4. The van der Waals surface area contributed by atoms with E-state index in [0.29, 0.717) is 5.56 Å². The molecule has 0 radical (unpaired) electrons. The number of pyridine rings is 1. The fourth-order valence-corrected chi connectivity index (χ4v) is 3.58. The van der Waals surface area contributed by atoms with E-state index in [2.05, 4.69) is 4.98 Å². The van der Waals surface area contributed by atoms with Gasteiger partial charge < -0.3 is 10.0 Å². The minimum Gasteiger partial charge on any atom is -0.507 e. The van der Waals surface area contributed by atoms with Crippen molar-refractivity contribution in [1.82, 2.24) is 9.88 Å².